The normalized spacial score (nSPS) is 32.1. The van der Waals surface area contributed by atoms with Crippen molar-refractivity contribution in [3.63, 3.8) is 0 Å². The van der Waals surface area contributed by atoms with Gasteiger partial charge in [0.15, 0.2) is 0 Å². The Labute approximate surface area is 122 Å². The first-order chi connectivity index (χ1) is 10.0. The average molecular weight is 302 g/mol. The van der Waals surface area contributed by atoms with Crippen LogP contribution in [0.15, 0.2) is 0 Å². The second-order valence-corrected chi connectivity index (χ2v) is 6.29. The highest BCUT2D eigenvalue weighted by atomic mass is 19.3. The number of halogens is 2. The summed E-state index contributed by atoms with van der Waals surface area (Å²) in [4.78, 5) is 25.4. The Kier molecular flexibility index (Phi) is 3.86. The molecule has 0 spiro atoms. The Morgan fingerprint density at radius 2 is 1.95 bits per heavy atom. The Balaban J connectivity index is 1.51. The molecule has 0 aromatic rings. The maximum atomic E-state index is 13.2. The SMILES string of the molecule is O=C(NCC(=O)N1CC2CC1(C(F)F)C2)C1CCOCC1. The number of carbonyl (C=O) groups excluding carboxylic acids is 2. The summed E-state index contributed by atoms with van der Waals surface area (Å²) in [5.41, 5.74) is -1.26. The molecule has 0 radical (unpaired) electrons. The molecule has 1 aliphatic carbocycles. The Hall–Kier alpha value is -1.24. The van der Waals surface area contributed by atoms with Gasteiger partial charge in [-0.1, -0.05) is 0 Å². The molecular weight excluding hydrogens is 282 g/mol. The lowest BCUT2D eigenvalue weighted by atomic mass is 9.73. The average Bonchev–Trinajstić information content (AvgIpc) is 3.01. The fraction of sp³-hybridized carbons (Fsp3) is 0.857. The Morgan fingerprint density at radius 1 is 1.29 bits per heavy atom. The standard InChI is InChI=1S/C14H20F2N2O3/c15-13(16)14-5-9(6-14)8-18(14)11(19)7-17-12(20)10-1-3-21-4-2-10/h9-10,13H,1-8H2,(H,17,20). The molecule has 4 rings (SSSR count). The van der Waals surface area contributed by atoms with Gasteiger partial charge in [0.05, 0.1) is 6.54 Å². The fourth-order valence-corrected chi connectivity index (χ4v) is 3.74. The van der Waals surface area contributed by atoms with Crippen molar-refractivity contribution >= 4 is 11.8 Å². The highest BCUT2D eigenvalue weighted by Crippen LogP contribution is 2.53. The highest BCUT2D eigenvalue weighted by Gasteiger charge is 2.62. The van der Waals surface area contributed by atoms with Crippen molar-refractivity contribution in [2.75, 3.05) is 26.3 Å². The van der Waals surface area contributed by atoms with Crippen molar-refractivity contribution in [3.8, 4) is 0 Å². The maximum absolute atomic E-state index is 13.2. The topological polar surface area (TPSA) is 58.6 Å². The van der Waals surface area contributed by atoms with E-state index in [1.807, 2.05) is 0 Å². The molecule has 0 atom stereocenters. The predicted molar refractivity (Wildman–Crippen MR) is 69.7 cm³/mol. The molecule has 0 unspecified atom stereocenters. The van der Waals surface area contributed by atoms with Crippen LogP contribution in [0.4, 0.5) is 8.78 Å². The van der Waals surface area contributed by atoms with Gasteiger partial charge in [-0.15, -0.1) is 0 Å². The summed E-state index contributed by atoms with van der Waals surface area (Å²) in [7, 11) is 0. The van der Waals surface area contributed by atoms with Crippen molar-refractivity contribution in [2.24, 2.45) is 11.8 Å². The first kappa shape index (κ1) is 14.7. The molecule has 2 bridgehead atoms. The zero-order chi connectivity index (χ0) is 15.0. The number of carbonyl (C=O) groups is 2. The molecule has 3 heterocycles. The van der Waals surface area contributed by atoms with Crippen LogP contribution in [0.25, 0.3) is 0 Å². The van der Waals surface area contributed by atoms with Gasteiger partial charge in [-0.3, -0.25) is 9.59 Å². The second-order valence-electron chi connectivity index (χ2n) is 6.29. The van der Waals surface area contributed by atoms with E-state index in [1.54, 1.807) is 0 Å². The van der Waals surface area contributed by atoms with Crippen molar-refractivity contribution in [1.29, 1.82) is 0 Å². The minimum absolute atomic E-state index is 0.136. The summed E-state index contributed by atoms with van der Waals surface area (Å²) in [5.74, 6) is -0.503. The summed E-state index contributed by atoms with van der Waals surface area (Å²) < 4.78 is 31.5. The number of ether oxygens (including phenoxy) is 1. The summed E-state index contributed by atoms with van der Waals surface area (Å²) in [6.45, 7) is 1.32. The molecule has 118 valence electrons. The molecule has 21 heavy (non-hydrogen) atoms. The third kappa shape index (κ3) is 2.52. The van der Waals surface area contributed by atoms with Crippen LogP contribution in [-0.2, 0) is 14.3 Å². The van der Waals surface area contributed by atoms with E-state index in [0.29, 0.717) is 45.4 Å². The molecule has 4 fully saturated rings. The van der Waals surface area contributed by atoms with Crippen molar-refractivity contribution in [1.82, 2.24) is 10.2 Å². The van der Waals surface area contributed by atoms with E-state index in [4.69, 9.17) is 4.74 Å². The number of rotatable bonds is 4. The summed E-state index contributed by atoms with van der Waals surface area (Å²) in [6.07, 6.45) is -0.430. The molecular formula is C14H20F2N2O3. The summed E-state index contributed by atoms with van der Waals surface area (Å²) >= 11 is 0. The number of hydrogen-bond donors (Lipinski definition) is 1. The van der Waals surface area contributed by atoms with Gasteiger partial charge in [0.25, 0.3) is 6.43 Å². The van der Waals surface area contributed by atoms with Crippen LogP contribution in [0.2, 0.25) is 0 Å². The second kappa shape index (κ2) is 5.51. The monoisotopic (exact) mass is 302 g/mol. The van der Waals surface area contributed by atoms with E-state index >= 15 is 0 Å². The number of nitrogens with zero attached hydrogens (tertiary/aromatic N) is 1. The van der Waals surface area contributed by atoms with E-state index in [9.17, 15) is 18.4 Å². The highest BCUT2D eigenvalue weighted by molar-refractivity contribution is 5.86. The van der Waals surface area contributed by atoms with E-state index < -0.39 is 17.9 Å². The molecule has 0 aromatic heterocycles. The van der Waals surface area contributed by atoms with Crippen LogP contribution >= 0.6 is 0 Å². The largest absolute Gasteiger partial charge is 0.381 e. The summed E-state index contributed by atoms with van der Waals surface area (Å²) in [6, 6.07) is 0. The van der Waals surface area contributed by atoms with E-state index in [0.717, 1.165) is 0 Å². The number of alkyl halides is 2. The van der Waals surface area contributed by atoms with Gasteiger partial charge in [0.1, 0.15) is 5.54 Å². The van der Waals surface area contributed by atoms with Crippen LogP contribution in [0.5, 0.6) is 0 Å². The lowest BCUT2D eigenvalue weighted by Crippen LogP contribution is -2.55. The molecule has 4 aliphatic rings. The molecule has 2 amide bonds. The van der Waals surface area contributed by atoms with Gasteiger partial charge in [0, 0.05) is 25.7 Å². The minimum Gasteiger partial charge on any atom is -0.381 e. The van der Waals surface area contributed by atoms with Crippen molar-refractivity contribution < 1.29 is 23.1 Å². The summed E-state index contributed by atoms with van der Waals surface area (Å²) in [5, 5.41) is 2.59. The van der Waals surface area contributed by atoms with E-state index in [2.05, 4.69) is 5.32 Å². The molecule has 3 aliphatic heterocycles. The molecule has 5 nitrogen and oxygen atoms in total. The van der Waals surface area contributed by atoms with Crippen LogP contribution in [0.1, 0.15) is 25.7 Å². The Bertz CT molecular complexity index is 432. The number of hydrogen-bond acceptors (Lipinski definition) is 3. The van der Waals surface area contributed by atoms with Crippen LogP contribution in [0.3, 0.4) is 0 Å². The predicted octanol–water partition coefficient (Wildman–Crippen LogP) is 0.785. The first-order valence-corrected chi connectivity index (χ1v) is 7.47. The number of amides is 2. The fourth-order valence-electron chi connectivity index (χ4n) is 3.74. The molecule has 3 saturated heterocycles. The lowest BCUT2D eigenvalue weighted by molar-refractivity contribution is -0.143. The number of fused-ring (bicyclic) bond motifs is 1. The van der Waals surface area contributed by atoms with Crippen molar-refractivity contribution in [2.45, 2.75) is 37.6 Å². The quantitative estimate of drug-likeness (QED) is 0.835. The van der Waals surface area contributed by atoms with E-state index in [-0.39, 0.29) is 24.3 Å². The van der Waals surface area contributed by atoms with Gasteiger partial charge < -0.3 is 15.0 Å². The van der Waals surface area contributed by atoms with Gasteiger partial charge >= 0.3 is 0 Å². The van der Waals surface area contributed by atoms with Crippen molar-refractivity contribution in [3.05, 3.63) is 0 Å². The first-order valence-electron chi connectivity index (χ1n) is 7.47. The van der Waals surface area contributed by atoms with E-state index in [1.165, 1.54) is 4.90 Å². The van der Waals surface area contributed by atoms with Crippen LogP contribution in [0, 0.1) is 11.8 Å². The third-order valence-corrected chi connectivity index (χ3v) is 4.98. The van der Waals surface area contributed by atoms with Crippen LogP contribution in [-0.4, -0.2) is 55.0 Å². The van der Waals surface area contributed by atoms with Gasteiger partial charge in [-0.25, -0.2) is 8.78 Å². The Morgan fingerprint density at radius 3 is 2.57 bits per heavy atom. The van der Waals surface area contributed by atoms with Crippen LogP contribution < -0.4 is 5.32 Å². The molecule has 1 saturated carbocycles. The third-order valence-electron chi connectivity index (χ3n) is 4.98. The molecule has 0 aromatic carbocycles. The zero-order valence-corrected chi connectivity index (χ0v) is 11.8. The molecule has 7 heteroatoms. The molecule has 1 N–H and O–H groups in total. The van der Waals surface area contributed by atoms with Gasteiger partial charge in [0.2, 0.25) is 11.8 Å². The van der Waals surface area contributed by atoms with Gasteiger partial charge in [-0.05, 0) is 31.6 Å². The smallest absolute Gasteiger partial charge is 0.261 e. The van der Waals surface area contributed by atoms with Gasteiger partial charge in [-0.2, -0.15) is 0 Å². The number of nitrogens with one attached hydrogen (secondary N) is 1. The zero-order valence-electron chi connectivity index (χ0n) is 11.8. The minimum atomic E-state index is -2.51. The lowest BCUT2D eigenvalue weighted by Gasteiger charge is -2.41. The maximum Gasteiger partial charge on any atom is 0.261 e.